The van der Waals surface area contributed by atoms with Gasteiger partial charge in [-0.15, -0.1) is 11.3 Å². The zero-order valence-electron chi connectivity index (χ0n) is 12.7. The summed E-state index contributed by atoms with van der Waals surface area (Å²) in [4.78, 5) is 25.0. The van der Waals surface area contributed by atoms with Crippen molar-refractivity contribution in [1.29, 1.82) is 0 Å². The minimum Gasteiger partial charge on any atom is -0.477 e. The van der Waals surface area contributed by atoms with Crippen LogP contribution in [0.1, 0.15) is 31.6 Å². The molecule has 0 aliphatic rings. The molecule has 5 nitrogen and oxygen atoms in total. The van der Waals surface area contributed by atoms with Gasteiger partial charge in [0.25, 0.3) is 5.91 Å². The SMILES string of the molecule is COCC(c1ccc(F)cc1)N(C)C(=O)c1csc(C(=O)O)c1. The molecule has 23 heavy (non-hydrogen) atoms. The highest BCUT2D eigenvalue weighted by Crippen LogP contribution is 2.24. The number of carbonyl (C=O) groups is 2. The van der Waals surface area contributed by atoms with E-state index in [1.165, 1.54) is 35.6 Å². The number of carboxylic acids is 1. The Labute approximate surface area is 136 Å². The lowest BCUT2D eigenvalue weighted by Gasteiger charge is -2.28. The van der Waals surface area contributed by atoms with Crippen LogP contribution in [-0.4, -0.2) is 42.6 Å². The van der Waals surface area contributed by atoms with E-state index >= 15 is 0 Å². The van der Waals surface area contributed by atoms with Crippen LogP contribution in [0, 0.1) is 5.82 Å². The van der Waals surface area contributed by atoms with Gasteiger partial charge < -0.3 is 14.7 Å². The van der Waals surface area contributed by atoms with Crippen molar-refractivity contribution in [3.05, 3.63) is 57.5 Å². The van der Waals surface area contributed by atoms with Crippen molar-refractivity contribution in [1.82, 2.24) is 4.90 Å². The molecule has 0 saturated heterocycles. The summed E-state index contributed by atoms with van der Waals surface area (Å²) in [6, 6.07) is 6.78. The minimum absolute atomic E-state index is 0.104. The zero-order chi connectivity index (χ0) is 17.0. The smallest absolute Gasteiger partial charge is 0.345 e. The highest BCUT2D eigenvalue weighted by molar-refractivity contribution is 7.12. The predicted octanol–water partition coefficient (Wildman–Crippen LogP) is 3.05. The second kappa shape index (κ2) is 7.34. The lowest BCUT2D eigenvalue weighted by molar-refractivity contribution is 0.0602. The fraction of sp³-hybridized carbons (Fsp3) is 0.250. The molecule has 122 valence electrons. The van der Waals surface area contributed by atoms with Crippen LogP contribution in [0.3, 0.4) is 0 Å². The molecule has 2 rings (SSSR count). The van der Waals surface area contributed by atoms with Crippen molar-refractivity contribution >= 4 is 23.2 Å². The first-order valence-electron chi connectivity index (χ1n) is 6.77. The monoisotopic (exact) mass is 337 g/mol. The van der Waals surface area contributed by atoms with Crippen LogP contribution in [0.2, 0.25) is 0 Å². The molecule has 0 radical (unpaired) electrons. The predicted molar refractivity (Wildman–Crippen MR) is 84.4 cm³/mol. The molecule has 1 N–H and O–H groups in total. The first-order chi connectivity index (χ1) is 10.9. The molecule has 1 atom stereocenters. The number of thiophene rings is 1. The van der Waals surface area contributed by atoms with Crippen molar-refractivity contribution < 1.29 is 23.8 Å². The molecule has 1 unspecified atom stereocenters. The van der Waals surface area contributed by atoms with E-state index < -0.39 is 12.0 Å². The maximum Gasteiger partial charge on any atom is 0.345 e. The van der Waals surface area contributed by atoms with E-state index in [-0.39, 0.29) is 23.2 Å². The van der Waals surface area contributed by atoms with Crippen LogP contribution in [0.15, 0.2) is 35.7 Å². The summed E-state index contributed by atoms with van der Waals surface area (Å²) in [5, 5.41) is 10.5. The van der Waals surface area contributed by atoms with Crippen LogP contribution in [0.25, 0.3) is 0 Å². The van der Waals surface area contributed by atoms with Crippen molar-refractivity contribution in [3.63, 3.8) is 0 Å². The summed E-state index contributed by atoms with van der Waals surface area (Å²) in [6.07, 6.45) is 0. The summed E-state index contributed by atoms with van der Waals surface area (Å²) in [6.45, 7) is 0.240. The average molecular weight is 337 g/mol. The number of nitrogens with zero attached hydrogens (tertiary/aromatic N) is 1. The molecular weight excluding hydrogens is 321 g/mol. The van der Waals surface area contributed by atoms with Gasteiger partial charge in [-0.1, -0.05) is 12.1 Å². The Bertz CT molecular complexity index is 698. The molecule has 0 fully saturated rings. The molecule has 0 spiro atoms. The number of likely N-dealkylation sites (N-methyl/N-ethyl adjacent to an activating group) is 1. The van der Waals surface area contributed by atoms with Crippen molar-refractivity contribution in [2.24, 2.45) is 0 Å². The van der Waals surface area contributed by atoms with Gasteiger partial charge in [0, 0.05) is 19.5 Å². The number of amides is 1. The number of benzene rings is 1. The van der Waals surface area contributed by atoms with Crippen molar-refractivity contribution in [3.8, 4) is 0 Å². The number of aromatic carboxylic acids is 1. The number of hydrogen-bond donors (Lipinski definition) is 1. The van der Waals surface area contributed by atoms with Crippen LogP contribution >= 0.6 is 11.3 Å². The Morgan fingerprint density at radius 1 is 1.35 bits per heavy atom. The van der Waals surface area contributed by atoms with E-state index in [1.807, 2.05) is 0 Å². The molecule has 1 amide bonds. The molecule has 0 aliphatic heterocycles. The molecule has 1 heterocycles. The Morgan fingerprint density at radius 2 is 2.00 bits per heavy atom. The summed E-state index contributed by atoms with van der Waals surface area (Å²) in [7, 11) is 3.12. The molecule has 1 aromatic heterocycles. The number of ether oxygens (including phenoxy) is 1. The fourth-order valence-electron chi connectivity index (χ4n) is 2.18. The van der Waals surface area contributed by atoms with Gasteiger partial charge in [-0.25, -0.2) is 9.18 Å². The second-order valence-electron chi connectivity index (χ2n) is 4.94. The van der Waals surface area contributed by atoms with Gasteiger partial charge in [0.1, 0.15) is 10.7 Å². The van der Waals surface area contributed by atoms with E-state index in [4.69, 9.17) is 9.84 Å². The molecule has 1 aromatic carbocycles. The standard InChI is InChI=1S/C16H16FNO4S/c1-18(15(19)11-7-14(16(20)21)23-9-11)13(8-22-2)10-3-5-12(17)6-4-10/h3-7,9,13H,8H2,1-2H3,(H,20,21). The largest absolute Gasteiger partial charge is 0.477 e. The number of hydrogen-bond acceptors (Lipinski definition) is 4. The molecular formula is C16H16FNO4S. The van der Waals surface area contributed by atoms with Crippen molar-refractivity contribution in [2.75, 3.05) is 20.8 Å². The van der Waals surface area contributed by atoms with E-state index in [1.54, 1.807) is 19.2 Å². The zero-order valence-corrected chi connectivity index (χ0v) is 13.5. The highest BCUT2D eigenvalue weighted by Gasteiger charge is 2.24. The number of carboxylic acid groups (broad SMARTS) is 1. The van der Waals surface area contributed by atoms with E-state index in [0.29, 0.717) is 5.56 Å². The maximum absolute atomic E-state index is 13.1. The van der Waals surface area contributed by atoms with Crippen LogP contribution < -0.4 is 0 Å². The van der Waals surface area contributed by atoms with Gasteiger partial charge in [-0.2, -0.15) is 0 Å². The minimum atomic E-state index is -1.07. The van der Waals surface area contributed by atoms with Gasteiger partial charge in [0.05, 0.1) is 18.2 Å². The molecule has 7 heteroatoms. The van der Waals surface area contributed by atoms with Crippen LogP contribution in [-0.2, 0) is 4.74 Å². The molecule has 0 aliphatic carbocycles. The Balaban J connectivity index is 2.25. The molecule has 0 bridgehead atoms. The van der Waals surface area contributed by atoms with Crippen LogP contribution in [0.4, 0.5) is 4.39 Å². The third kappa shape index (κ3) is 3.94. The van der Waals surface area contributed by atoms with Crippen LogP contribution in [0.5, 0.6) is 0 Å². The summed E-state index contributed by atoms with van der Waals surface area (Å²) >= 11 is 0.998. The van der Waals surface area contributed by atoms with Gasteiger partial charge in [-0.3, -0.25) is 4.79 Å². The van der Waals surface area contributed by atoms with Gasteiger partial charge in [0.15, 0.2) is 0 Å². The highest BCUT2D eigenvalue weighted by atomic mass is 32.1. The summed E-state index contributed by atoms with van der Waals surface area (Å²) < 4.78 is 18.2. The fourth-order valence-corrected chi connectivity index (χ4v) is 2.90. The van der Waals surface area contributed by atoms with E-state index in [2.05, 4.69) is 0 Å². The number of rotatable bonds is 6. The summed E-state index contributed by atoms with van der Waals surface area (Å²) in [5.74, 6) is -1.74. The molecule has 2 aromatic rings. The second-order valence-corrected chi connectivity index (χ2v) is 5.85. The lowest BCUT2D eigenvalue weighted by Crippen LogP contribution is -2.33. The summed E-state index contributed by atoms with van der Waals surface area (Å²) in [5.41, 5.74) is 1.04. The molecule has 0 saturated carbocycles. The lowest BCUT2D eigenvalue weighted by atomic mass is 10.1. The Morgan fingerprint density at radius 3 is 2.52 bits per heavy atom. The Hall–Kier alpha value is -2.25. The van der Waals surface area contributed by atoms with Crippen molar-refractivity contribution in [2.45, 2.75) is 6.04 Å². The normalized spacial score (nSPS) is 12.0. The van der Waals surface area contributed by atoms with E-state index in [9.17, 15) is 14.0 Å². The van der Waals surface area contributed by atoms with Gasteiger partial charge in [-0.05, 0) is 23.8 Å². The third-order valence-electron chi connectivity index (χ3n) is 3.42. The topological polar surface area (TPSA) is 66.8 Å². The quantitative estimate of drug-likeness (QED) is 0.880. The number of methoxy groups -OCH3 is 1. The Kier molecular flexibility index (Phi) is 5.46. The van der Waals surface area contributed by atoms with E-state index in [0.717, 1.165) is 16.9 Å². The number of halogens is 1. The van der Waals surface area contributed by atoms with Gasteiger partial charge >= 0.3 is 5.97 Å². The maximum atomic E-state index is 13.1. The van der Waals surface area contributed by atoms with Gasteiger partial charge in [0.2, 0.25) is 0 Å². The first-order valence-corrected chi connectivity index (χ1v) is 7.65. The third-order valence-corrected chi connectivity index (χ3v) is 4.34. The average Bonchev–Trinajstić information content (AvgIpc) is 3.02. The first kappa shape index (κ1) is 17.1. The number of carbonyl (C=O) groups excluding carboxylic acids is 1.